The molecular formula is C23H30NO2+. The van der Waals surface area contributed by atoms with Gasteiger partial charge in [0.1, 0.15) is 18.7 Å². The second kappa shape index (κ2) is 8.34. The first kappa shape index (κ1) is 17.7. The average molecular weight is 352 g/mol. The number of aliphatic hydroxyl groups excluding tert-OH is 1. The second-order valence-corrected chi connectivity index (χ2v) is 7.74. The summed E-state index contributed by atoms with van der Waals surface area (Å²) in [7, 11) is 0. The maximum absolute atomic E-state index is 10.5. The highest BCUT2D eigenvalue weighted by molar-refractivity contribution is 5.31. The van der Waals surface area contributed by atoms with Crippen molar-refractivity contribution in [1.29, 1.82) is 0 Å². The quantitative estimate of drug-likeness (QED) is 0.839. The van der Waals surface area contributed by atoms with Gasteiger partial charge < -0.3 is 15.2 Å². The molecule has 3 atom stereocenters. The number of fused-ring (bicyclic) bond motifs is 2. The lowest BCUT2D eigenvalue weighted by Crippen LogP contribution is -2.87. The van der Waals surface area contributed by atoms with Gasteiger partial charge >= 0.3 is 0 Å². The second-order valence-electron chi connectivity index (χ2n) is 7.74. The zero-order chi connectivity index (χ0) is 17.8. The third kappa shape index (κ3) is 4.01. The van der Waals surface area contributed by atoms with Gasteiger partial charge in [0, 0.05) is 12.0 Å². The van der Waals surface area contributed by atoms with E-state index in [1.54, 1.807) is 0 Å². The number of quaternary nitrogens is 1. The molecule has 0 aromatic heterocycles. The molecule has 0 fully saturated rings. The van der Waals surface area contributed by atoms with Crippen LogP contribution in [0.2, 0.25) is 0 Å². The van der Waals surface area contributed by atoms with Crippen molar-refractivity contribution in [2.45, 2.75) is 56.8 Å². The van der Waals surface area contributed by atoms with Crippen LogP contribution in [0.3, 0.4) is 0 Å². The molecule has 2 aliphatic rings. The first-order valence-corrected chi connectivity index (χ1v) is 10.1. The SMILES string of the molecule is O[C@@H](C[NH2+][C@@H]1CCCc2ccccc21)CO[C@@H]1CCCc2ccccc21. The highest BCUT2D eigenvalue weighted by atomic mass is 16.5. The lowest BCUT2D eigenvalue weighted by Gasteiger charge is -2.27. The predicted octanol–water partition coefficient (Wildman–Crippen LogP) is 3.08. The summed E-state index contributed by atoms with van der Waals surface area (Å²) >= 11 is 0. The van der Waals surface area contributed by atoms with E-state index in [0.29, 0.717) is 19.2 Å². The molecule has 2 aliphatic carbocycles. The Morgan fingerprint density at radius 3 is 2.38 bits per heavy atom. The maximum Gasteiger partial charge on any atom is 0.126 e. The molecule has 0 saturated carbocycles. The van der Waals surface area contributed by atoms with Crippen LogP contribution in [-0.2, 0) is 17.6 Å². The summed E-state index contributed by atoms with van der Waals surface area (Å²) < 4.78 is 6.11. The van der Waals surface area contributed by atoms with Gasteiger partial charge in [0.15, 0.2) is 0 Å². The lowest BCUT2D eigenvalue weighted by molar-refractivity contribution is -0.703. The summed E-state index contributed by atoms with van der Waals surface area (Å²) in [6, 6.07) is 17.8. The molecule has 138 valence electrons. The van der Waals surface area contributed by atoms with Crippen molar-refractivity contribution < 1.29 is 15.2 Å². The number of rotatable bonds is 6. The van der Waals surface area contributed by atoms with Gasteiger partial charge in [-0.2, -0.15) is 0 Å². The van der Waals surface area contributed by atoms with E-state index in [-0.39, 0.29) is 6.10 Å². The predicted molar refractivity (Wildman–Crippen MR) is 103 cm³/mol. The molecule has 0 saturated heterocycles. The van der Waals surface area contributed by atoms with Crippen LogP contribution in [0, 0.1) is 0 Å². The van der Waals surface area contributed by atoms with Crippen molar-refractivity contribution in [3.63, 3.8) is 0 Å². The molecule has 0 radical (unpaired) electrons. The Balaban J connectivity index is 1.29. The van der Waals surface area contributed by atoms with E-state index in [1.165, 1.54) is 47.9 Å². The van der Waals surface area contributed by atoms with Crippen molar-refractivity contribution in [3.05, 3.63) is 70.8 Å². The minimum atomic E-state index is -0.418. The molecule has 3 N–H and O–H groups in total. The number of aliphatic hydroxyl groups is 1. The summed E-state index contributed by atoms with van der Waals surface area (Å²) in [4.78, 5) is 0. The molecule has 3 nitrogen and oxygen atoms in total. The van der Waals surface area contributed by atoms with E-state index >= 15 is 0 Å². The van der Waals surface area contributed by atoms with Crippen molar-refractivity contribution in [2.24, 2.45) is 0 Å². The van der Waals surface area contributed by atoms with Crippen LogP contribution >= 0.6 is 0 Å². The topological polar surface area (TPSA) is 46.1 Å². The van der Waals surface area contributed by atoms with Crippen LogP contribution in [-0.4, -0.2) is 24.4 Å². The van der Waals surface area contributed by atoms with Gasteiger partial charge in [-0.15, -0.1) is 0 Å². The number of nitrogens with two attached hydrogens (primary N) is 1. The largest absolute Gasteiger partial charge is 0.385 e. The monoisotopic (exact) mass is 352 g/mol. The Hall–Kier alpha value is -1.68. The van der Waals surface area contributed by atoms with Crippen LogP contribution in [0.25, 0.3) is 0 Å². The third-order valence-corrected chi connectivity index (χ3v) is 5.91. The third-order valence-electron chi connectivity index (χ3n) is 5.91. The van der Waals surface area contributed by atoms with Gasteiger partial charge in [-0.05, 0) is 48.8 Å². The van der Waals surface area contributed by atoms with Gasteiger partial charge in [0.05, 0.1) is 12.7 Å². The fourth-order valence-electron chi connectivity index (χ4n) is 4.54. The molecule has 0 amide bonds. The van der Waals surface area contributed by atoms with E-state index in [2.05, 4.69) is 53.8 Å². The van der Waals surface area contributed by atoms with E-state index in [4.69, 9.17) is 4.74 Å². The first-order chi connectivity index (χ1) is 12.8. The van der Waals surface area contributed by atoms with E-state index in [0.717, 1.165) is 12.8 Å². The van der Waals surface area contributed by atoms with Crippen LogP contribution in [0.4, 0.5) is 0 Å². The fraction of sp³-hybridized carbons (Fsp3) is 0.478. The maximum atomic E-state index is 10.5. The molecule has 26 heavy (non-hydrogen) atoms. The van der Waals surface area contributed by atoms with Gasteiger partial charge in [-0.1, -0.05) is 48.5 Å². The molecule has 0 spiro atoms. The fourth-order valence-corrected chi connectivity index (χ4v) is 4.54. The van der Waals surface area contributed by atoms with Crippen molar-refractivity contribution in [3.8, 4) is 0 Å². The summed E-state index contributed by atoms with van der Waals surface area (Å²) in [6.07, 6.45) is 6.72. The highest BCUT2D eigenvalue weighted by Gasteiger charge is 2.25. The number of ether oxygens (including phenoxy) is 1. The molecule has 0 unspecified atom stereocenters. The van der Waals surface area contributed by atoms with Crippen LogP contribution in [0.1, 0.15) is 60.1 Å². The van der Waals surface area contributed by atoms with E-state index in [9.17, 15) is 5.11 Å². The van der Waals surface area contributed by atoms with Crippen molar-refractivity contribution in [2.75, 3.05) is 13.2 Å². The van der Waals surface area contributed by atoms with Gasteiger partial charge in [-0.3, -0.25) is 0 Å². The van der Waals surface area contributed by atoms with Crippen LogP contribution < -0.4 is 5.32 Å². The molecule has 3 heteroatoms. The van der Waals surface area contributed by atoms with Gasteiger partial charge in [0.2, 0.25) is 0 Å². The summed E-state index contributed by atoms with van der Waals surface area (Å²) in [5, 5.41) is 12.8. The normalized spacial score (nSPS) is 23.1. The number of hydrogen-bond donors (Lipinski definition) is 2. The van der Waals surface area contributed by atoms with Gasteiger partial charge in [0.25, 0.3) is 0 Å². The number of hydrogen-bond acceptors (Lipinski definition) is 2. The zero-order valence-electron chi connectivity index (χ0n) is 15.4. The molecular weight excluding hydrogens is 322 g/mol. The van der Waals surface area contributed by atoms with Gasteiger partial charge in [-0.25, -0.2) is 0 Å². The minimum absolute atomic E-state index is 0.144. The molecule has 0 heterocycles. The Bertz CT molecular complexity index is 668. The van der Waals surface area contributed by atoms with Crippen molar-refractivity contribution >= 4 is 0 Å². The van der Waals surface area contributed by atoms with Crippen molar-refractivity contribution in [1.82, 2.24) is 0 Å². The average Bonchev–Trinajstić information content (AvgIpc) is 2.70. The summed E-state index contributed by atoms with van der Waals surface area (Å²) in [5.41, 5.74) is 5.65. The van der Waals surface area contributed by atoms with Crippen LogP contribution in [0.5, 0.6) is 0 Å². The molecule has 2 aromatic rings. The summed E-state index contributed by atoms with van der Waals surface area (Å²) in [5.74, 6) is 0. The van der Waals surface area contributed by atoms with Crippen LogP contribution in [0.15, 0.2) is 48.5 Å². The lowest BCUT2D eigenvalue weighted by atomic mass is 9.88. The smallest absolute Gasteiger partial charge is 0.126 e. The Labute approximate surface area is 156 Å². The molecule has 4 rings (SSSR count). The van der Waals surface area contributed by atoms with E-state index in [1.807, 2.05) is 0 Å². The standard InChI is InChI=1S/C23H29NO2/c25-19(15-24-22-13-5-9-17-7-1-3-11-20(17)22)16-26-23-14-6-10-18-8-2-4-12-21(18)23/h1-4,7-8,11-12,19,22-25H,5-6,9-10,13-16H2/p+1/t19-,22+,23+/m0/s1. The Morgan fingerprint density at radius 1 is 0.923 bits per heavy atom. The minimum Gasteiger partial charge on any atom is -0.385 e. The zero-order valence-corrected chi connectivity index (χ0v) is 15.4. The Kier molecular flexibility index (Phi) is 5.68. The molecule has 2 aromatic carbocycles. The first-order valence-electron chi connectivity index (χ1n) is 10.1. The van der Waals surface area contributed by atoms with E-state index < -0.39 is 6.10 Å². The molecule has 0 bridgehead atoms. The number of aryl methyl sites for hydroxylation is 2. The number of benzene rings is 2. The summed E-state index contributed by atoms with van der Waals surface area (Å²) in [6.45, 7) is 1.12. The highest BCUT2D eigenvalue weighted by Crippen LogP contribution is 2.32. The Morgan fingerprint density at radius 2 is 1.58 bits per heavy atom. The molecule has 0 aliphatic heterocycles.